The zero-order valence-corrected chi connectivity index (χ0v) is 11.2. The lowest BCUT2D eigenvalue weighted by molar-refractivity contribution is 0.0621. The molecule has 1 saturated heterocycles. The molecule has 0 aliphatic carbocycles. The van der Waals surface area contributed by atoms with Gasteiger partial charge in [-0.1, -0.05) is 6.92 Å². The minimum absolute atomic E-state index is 0.0842. The van der Waals surface area contributed by atoms with Crippen molar-refractivity contribution in [1.82, 2.24) is 15.5 Å². The number of ether oxygens (including phenoxy) is 1. The Bertz CT molecular complexity index is 402. The monoisotopic (exact) mass is 264 g/mol. The summed E-state index contributed by atoms with van der Waals surface area (Å²) in [6, 6.07) is 3.54. The lowest BCUT2D eigenvalue weighted by Gasteiger charge is -2.22. The number of nitrogens with one attached hydrogen (secondary N) is 2. The minimum atomic E-state index is -0.190. The van der Waals surface area contributed by atoms with E-state index in [9.17, 15) is 4.79 Å². The normalized spacial score (nSPS) is 18.9. The van der Waals surface area contributed by atoms with Crippen LogP contribution in [0.15, 0.2) is 12.1 Å². The second kappa shape index (κ2) is 7.04. The maximum Gasteiger partial charge on any atom is 0.272 e. The Morgan fingerprint density at radius 1 is 1.47 bits per heavy atom. The Labute approximate surface area is 112 Å². The van der Waals surface area contributed by atoms with E-state index in [0.717, 1.165) is 32.4 Å². The summed E-state index contributed by atoms with van der Waals surface area (Å²) in [6.45, 7) is 4.29. The third kappa shape index (κ3) is 4.17. The molecule has 19 heavy (non-hydrogen) atoms. The molecule has 1 unspecified atom stereocenters. The van der Waals surface area contributed by atoms with Crippen LogP contribution in [0.1, 0.15) is 36.7 Å². The van der Waals surface area contributed by atoms with E-state index in [2.05, 4.69) is 27.8 Å². The van der Waals surface area contributed by atoms with Crippen molar-refractivity contribution in [1.29, 1.82) is 0 Å². The SMILES string of the molecule is CCCNc1ccc(C(=O)NC2CCCOC2)nn1. The smallest absolute Gasteiger partial charge is 0.272 e. The van der Waals surface area contributed by atoms with Gasteiger partial charge in [-0.2, -0.15) is 0 Å². The van der Waals surface area contributed by atoms with Crippen LogP contribution in [0.4, 0.5) is 5.82 Å². The summed E-state index contributed by atoms with van der Waals surface area (Å²) < 4.78 is 5.32. The highest BCUT2D eigenvalue weighted by molar-refractivity contribution is 5.92. The van der Waals surface area contributed by atoms with Gasteiger partial charge in [-0.05, 0) is 31.4 Å². The Hall–Kier alpha value is -1.69. The highest BCUT2D eigenvalue weighted by Crippen LogP contribution is 2.07. The molecule has 6 heteroatoms. The molecule has 2 rings (SSSR count). The van der Waals surface area contributed by atoms with Crippen molar-refractivity contribution in [3.8, 4) is 0 Å². The maximum absolute atomic E-state index is 11.9. The van der Waals surface area contributed by atoms with Crippen LogP contribution < -0.4 is 10.6 Å². The van der Waals surface area contributed by atoms with Crippen molar-refractivity contribution >= 4 is 11.7 Å². The molecule has 1 aromatic rings. The molecule has 1 aliphatic heterocycles. The fraction of sp³-hybridized carbons (Fsp3) is 0.615. The van der Waals surface area contributed by atoms with Gasteiger partial charge in [0.2, 0.25) is 0 Å². The van der Waals surface area contributed by atoms with Crippen molar-refractivity contribution in [2.75, 3.05) is 25.1 Å². The van der Waals surface area contributed by atoms with Gasteiger partial charge in [0.1, 0.15) is 5.82 Å². The average molecular weight is 264 g/mol. The van der Waals surface area contributed by atoms with Gasteiger partial charge in [-0.15, -0.1) is 10.2 Å². The number of hydrogen-bond acceptors (Lipinski definition) is 5. The average Bonchev–Trinajstić information content (AvgIpc) is 2.46. The molecule has 1 fully saturated rings. The topological polar surface area (TPSA) is 76.1 Å². The first-order valence-corrected chi connectivity index (χ1v) is 6.76. The van der Waals surface area contributed by atoms with E-state index in [4.69, 9.17) is 4.74 Å². The molecule has 0 saturated carbocycles. The molecule has 104 valence electrons. The molecular formula is C13H20N4O2. The molecule has 1 aliphatic rings. The lowest BCUT2D eigenvalue weighted by atomic mass is 10.1. The Morgan fingerprint density at radius 2 is 2.37 bits per heavy atom. The first kappa shape index (κ1) is 13.7. The van der Waals surface area contributed by atoms with Gasteiger partial charge in [0, 0.05) is 13.2 Å². The molecule has 0 spiro atoms. The van der Waals surface area contributed by atoms with E-state index in [1.807, 2.05) is 0 Å². The molecule has 1 amide bonds. The van der Waals surface area contributed by atoms with Crippen molar-refractivity contribution in [2.24, 2.45) is 0 Å². The number of hydrogen-bond donors (Lipinski definition) is 2. The first-order chi connectivity index (χ1) is 9.29. The Morgan fingerprint density at radius 3 is 3.00 bits per heavy atom. The Kier molecular flexibility index (Phi) is 5.09. The summed E-state index contributed by atoms with van der Waals surface area (Å²) in [5, 5.41) is 13.9. The second-order valence-electron chi connectivity index (χ2n) is 4.62. The predicted molar refractivity (Wildman–Crippen MR) is 72.1 cm³/mol. The van der Waals surface area contributed by atoms with Gasteiger partial charge in [0.15, 0.2) is 5.69 Å². The van der Waals surface area contributed by atoms with Crippen molar-refractivity contribution in [3.63, 3.8) is 0 Å². The molecule has 1 aromatic heterocycles. The summed E-state index contributed by atoms with van der Waals surface area (Å²) in [5.74, 6) is 0.504. The van der Waals surface area contributed by atoms with Gasteiger partial charge in [-0.3, -0.25) is 4.79 Å². The van der Waals surface area contributed by atoms with Crippen LogP contribution >= 0.6 is 0 Å². The molecule has 0 radical (unpaired) electrons. The Balaban J connectivity index is 1.87. The van der Waals surface area contributed by atoms with E-state index in [1.165, 1.54) is 0 Å². The van der Waals surface area contributed by atoms with Crippen LogP contribution in [-0.2, 0) is 4.74 Å². The zero-order chi connectivity index (χ0) is 13.5. The van der Waals surface area contributed by atoms with Crippen molar-refractivity contribution < 1.29 is 9.53 Å². The van der Waals surface area contributed by atoms with Crippen LogP contribution in [0.25, 0.3) is 0 Å². The summed E-state index contributed by atoms with van der Waals surface area (Å²) in [7, 11) is 0. The second-order valence-corrected chi connectivity index (χ2v) is 4.62. The van der Waals surface area contributed by atoms with Gasteiger partial charge in [-0.25, -0.2) is 0 Å². The quantitative estimate of drug-likeness (QED) is 0.836. The van der Waals surface area contributed by atoms with Crippen LogP contribution in [0, 0.1) is 0 Å². The third-order valence-corrected chi connectivity index (χ3v) is 2.95. The van der Waals surface area contributed by atoms with E-state index in [-0.39, 0.29) is 11.9 Å². The van der Waals surface area contributed by atoms with Crippen LogP contribution in [0.3, 0.4) is 0 Å². The van der Waals surface area contributed by atoms with Crippen molar-refractivity contribution in [2.45, 2.75) is 32.2 Å². The number of rotatable bonds is 5. The van der Waals surface area contributed by atoms with E-state index in [0.29, 0.717) is 18.1 Å². The van der Waals surface area contributed by atoms with E-state index < -0.39 is 0 Å². The van der Waals surface area contributed by atoms with Crippen LogP contribution in [0.5, 0.6) is 0 Å². The molecule has 0 bridgehead atoms. The van der Waals surface area contributed by atoms with E-state index in [1.54, 1.807) is 12.1 Å². The van der Waals surface area contributed by atoms with Gasteiger partial charge in [0.25, 0.3) is 5.91 Å². The zero-order valence-electron chi connectivity index (χ0n) is 11.2. The fourth-order valence-corrected chi connectivity index (χ4v) is 1.91. The number of amides is 1. The third-order valence-electron chi connectivity index (χ3n) is 2.95. The number of nitrogens with zero attached hydrogens (tertiary/aromatic N) is 2. The number of aromatic nitrogens is 2. The number of anilines is 1. The summed E-state index contributed by atoms with van der Waals surface area (Å²) in [5.41, 5.74) is 0.340. The molecular weight excluding hydrogens is 244 g/mol. The van der Waals surface area contributed by atoms with Crippen LogP contribution in [0.2, 0.25) is 0 Å². The summed E-state index contributed by atoms with van der Waals surface area (Å²) in [6.07, 6.45) is 2.96. The summed E-state index contributed by atoms with van der Waals surface area (Å²) >= 11 is 0. The molecule has 0 aromatic carbocycles. The largest absolute Gasteiger partial charge is 0.379 e. The van der Waals surface area contributed by atoms with Gasteiger partial charge < -0.3 is 15.4 Å². The minimum Gasteiger partial charge on any atom is -0.379 e. The molecule has 1 atom stereocenters. The molecule has 6 nitrogen and oxygen atoms in total. The maximum atomic E-state index is 11.9. The first-order valence-electron chi connectivity index (χ1n) is 6.76. The lowest BCUT2D eigenvalue weighted by Crippen LogP contribution is -2.40. The van der Waals surface area contributed by atoms with Gasteiger partial charge >= 0.3 is 0 Å². The predicted octanol–water partition coefficient (Wildman–Crippen LogP) is 1.21. The summed E-state index contributed by atoms with van der Waals surface area (Å²) in [4.78, 5) is 11.9. The highest BCUT2D eigenvalue weighted by Gasteiger charge is 2.17. The molecule has 2 heterocycles. The van der Waals surface area contributed by atoms with Gasteiger partial charge in [0.05, 0.1) is 12.6 Å². The standard InChI is InChI=1S/C13H20N4O2/c1-2-7-14-12-6-5-11(16-17-12)13(18)15-10-4-3-8-19-9-10/h5-6,10H,2-4,7-9H2,1H3,(H,14,17)(H,15,18). The highest BCUT2D eigenvalue weighted by atomic mass is 16.5. The van der Waals surface area contributed by atoms with E-state index >= 15 is 0 Å². The molecule has 2 N–H and O–H groups in total. The van der Waals surface area contributed by atoms with Crippen LogP contribution in [-0.4, -0.2) is 41.9 Å². The fourth-order valence-electron chi connectivity index (χ4n) is 1.91. The number of carbonyl (C=O) groups is 1. The van der Waals surface area contributed by atoms with Crippen molar-refractivity contribution in [3.05, 3.63) is 17.8 Å². The number of carbonyl (C=O) groups excluding carboxylic acids is 1.